The number of amides is 2. The maximum Gasteiger partial charge on any atom is 0.337 e. The fraction of sp³-hybridized carbons (Fsp3) is 0.273. The van der Waals surface area contributed by atoms with Crippen LogP contribution in [0.1, 0.15) is 16.8 Å². The average Bonchev–Trinajstić information content (AvgIpc) is 3.18. The smallest absolute Gasteiger partial charge is 0.337 e. The van der Waals surface area contributed by atoms with E-state index in [4.69, 9.17) is 9.47 Å². The highest BCUT2D eigenvalue weighted by Gasteiger charge is 2.37. The minimum atomic E-state index is -0.676. The Kier molecular flexibility index (Phi) is 6.86. The minimum Gasteiger partial charge on any atom is -0.495 e. The summed E-state index contributed by atoms with van der Waals surface area (Å²) in [7, 11) is 2.78. The molecule has 0 aliphatic carbocycles. The van der Waals surface area contributed by atoms with Crippen molar-refractivity contribution in [3.63, 3.8) is 0 Å². The van der Waals surface area contributed by atoms with E-state index in [1.54, 1.807) is 24.3 Å². The van der Waals surface area contributed by atoms with Crippen LogP contribution >= 0.6 is 0 Å². The molecule has 2 amide bonds. The van der Waals surface area contributed by atoms with Gasteiger partial charge in [0.2, 0.25) is 5.91 Å². The van der Waals surface area contributed by atoms with Crippen molar-refractivity contribution >= 4 is 35.1 Å². The predicted molar refractivity (Wildman–Crippen MR) is 111 cm³/mol. The number of hydrogen-bond acceptors (Lipinski definition) is 7. The normalized spacial score (nSPS) is 15.4. The molecule has 0 spiro atoms. The van der Waals surface area contributed by atoms with Gasteiger partial charge in [-0.3, -0.25) is 14.4 Å². The van der Waals surface area contributed by atoms with Crippen molar-refractivity contribution in [1.82, 2.24) is 0 Å². The minimum absolute atomic E-state index is 0.00646. The predicted octanol–water partition coefficient (Wildman–Crippen LogP) is 2.02. The lowest BCUT2D eigenvalue weighted by molar-refractivity contribution is -0.151. The second-order valence-corrected chi connectivity index (χ2v) is 6.80. The lowest BCUT2D eigenvalue weighted by Gasteiger charge is -2.19. The van der Waals surface area contributed by atoms with Crippen LogP contribution in [-0.4, -0.2) is 51.1 Å². The molecule has 0 saturated carbocycles. The summed E-state index contributed by atoms with van der Waals surface area (Å²) in [4.78, 5) is 49.7. The van der Waals surface area contributed by atoms with Gasteiger partial charge in [0.15, 0.2) is 6.61 Å². The van der Waals surface area contributed by atoms with Gasteiger partial charge in [-0.15, -0.1) is 0 Å². The maximum absolute atomic E-state index is 12.4. The molecular formula is C22H22N2O7. The van der Waals surface area contributed by atoms with Crippen molar-refractivity contribution in [2.45, 2.75) is 6.42 Å². The van der Waals surface area contributed by atoms with Crippen LogP contribution in [0, 0.1) is 5.92 Å². The van der Waals surface area contributed by atoms with E-state index in [0.29, 0.717) is 22.7 Å². The van der Waals surface area contributed by atoms with E-state index in [2.05, 4.69) is 10.1 Å². The molecule has 0 unspecified atom stereocenters. The van der Waals surface area contributed by atoms with Crippen molar-refractivity contribution in [2.24, 2.45) is 5.92 Å². The number of benzene rings is 2. The number of carbonyl (C=O) groups is 4. The Labute approximate surface area is 178 Å². The molecule has 1 aliphatic rings. The first-order valence-corrected chi connectivity index (χ1v) is 9.51. The average molecular weight is 426 g/mol. The number of rotatable bonds is 7. The van der Waals surface area contributed by atoms with Gasteiger partial charge in [-0.05, 0) is 36.4 Å². The van der Waals surface area contributed by atoms with Gasteiger partial charge in [0.1, 0.15) is 5.75 Å². The molecule has 3 rings (SSSR count). The SMILES string of the molecule is COC(=O)c1ccc(NC(=O)COC(=O)[C@@H]2CC(=O)N(c3ccccc3OC)C2)cc1. The van der Waals surface area contributed by atoms with Crippen molar-refractivity contribution in [3.8, 4) is 5.75 Å². The van der Waals surface area contributed by atoms with Crippen molar-refractivity contribution < 1.29 is 33.4 Å². The Morgan fingerprint density at radius 2 is 1.77 bits per heavy atom. The van der Waals surface area contributed by atoms with Gasteiger partial charge >= 0.3 is 11.9 Å². The number of methoxy groups -OCH3 is 2. The van der Waals surface area contributed by atoms with Crippen LogP contribution in [0.15, 0.2) is 48.5 Å². The number of para-hydroxylation sites is 2. The first-order chi connectivity index (χ1) is 14.9. The zero-order valence-corrected chi connectivity index (χ0v) is 17.1. The molecule has 1 aliphatic heterocycles. The van der Waals surface area contributed by atoms with Crippen LogP contribution in [0.4, 0.5) is 11.4 Å². The van der Waals surface area contributed by atoms with E-state index in [0.717, 1.165) is 0 Å². The van der Waals surface area contributed by atoms with Gasteiger partial charge in [0, 0.05) is 18.7 Å². The van der Waals surface area contributed by atoms with E-state index in [1.807, 2.05) is 0 Å². The third kappa shape index (κ3) is 5.19. The monoisotopic (exact) mass is 426 g/mol. The zero-order chi connectivity index (χ0) is 22.4. The molecule has 1 saturated heterocycles. The van der Waals surface area contributed by atoms with Gasteiger partial charge < -0.3 is 24.4 Å². The molecule has 2 aromatic carbocycles. The van der Waals surface area contributed by atoms with Crippen LogP contribution in [0.2, 0.25) is 0 Å². The van der Waals surface area contributed by atoms with Crippen molar-refractivity contribution in [1.29, 1.82) is 0 Å². The first-order valence-electron chi connectivity index (χ1n) is 9.51. The first kappa shape index (κ1) is 21.8. The molecule has 0 radical (unpaired) electrons. The number of nitrogens with one attached hydrogen (secondary N) is 1. The fourth-order valence-electron chi connectivity index (χ4n) is 3.21. The number of carbonyl (C=O) groups excluding carboxylic acids is 4. The molecule has 0 bridgehead atoms. The summed E-state index contributed by atoms with van der Waals surface area (Å²) in [5, 5.41) is 2.57. The van der Waals surface area contributed by atoms with E-state index in [-0.39, 0.29) is 18.9 Å². The Balaban J connectivity index is 1.52. The molecular weight excluding hydrogens is 404 g/mol. The van der Waals surface area contributed by atoms with E-state index in [9.17, 15) is 19.2 Å². The number of nitrogens with zero attached hydrogens (tertiary/aromatic N) is 1. The molecule has 9 nitrogen and oxygen atoms in total. The van der Waals surface area contributed by atoms with E-state index >= 15 is 0 Å². The van der Waals surface area contributed by atoms with Gasteiger partial charge in [-0.2, -0.15) is 0 Å². The molecule has 9 heteroatoms. The van der Waals surface area contributed by atoms with Gasteiger partial charge in [-0.1, -0.05) is 12.1 Å². The Bertz CT molecular complexity index is 988. The van der Waals surface area contributed by atoms with Gasteiger partial charge in [-0.25, -0.2) is 4.79 Å². The van der Waals surface area contributed by atoms with E-state index < -0.39 is 30.4 Å². The maximum atomic E-state index is 12.4. The van der Waals surface area contributed by atoms with Crippen molar-refractivity contribution in [3.05, 3.63) is 54.1 Å². The van der Waals surface area contributed by atoms with Crippen LogP contribution < -0.4 is 15.0 Å². The van der Waals surface area contributed by atoms with Gasteiger partial charge in [0.05, 0.1) is 31.4 Å². The summed E-state index contributed by atoms with van der Waals surface area (Å²) in [5.74, 6) is -2.01. The molecule has 0 aromatic heterocycles. The molecule has 162 valence electrons. The highest BCUT2D eigenvalue weighted by atomic mass is 16.5. The second kappa shape index (κ2) is 9.75. The highest BCUT2D eigenvalue weighted by Crippen LogP contribution is 2.33. The van der Waals surface area contributed by atoms with Gasteiger partial charge in [0.25, 0.3) is 5.91 Å². The summed E-state index contributed by atoms with van der Waals surface area (Å²) in [6.07, 6.45) is -0.00646. The molecule has 1 atom stereocenters. The number of ether oxygens (including phenoxy) is 3. The van der Waals surface area contributed by atoms with Crippen LogP contribution in [-0.2, 0) is 23.9 Å². The molecule has 31 heavy (non-hydrogen) atoms. The lowest BCUT2D eigenvalue weighted by atomic mass is 10.1. The van der Waals surface area contributed by atoms with Crippen molar-refractivity contribution in [2.75, 3.05) is 37.6 Å². The highest BCUT2D eigenvalue weighted by molar-refractivity contribution is 6.01. The lowest BCUT2D eigenvalue weighted by Crippen LogP contribution is -2.28. The van der Waals surface area contributed by atoms with E-state index in [1.165, 1.54) is 43.4 Å². The molecule has 1 heterocycles. The second-order valence-electron chi connectivity index (χ2n) is 6.80. The topological polar surface area (TPSA) is 111 Å². The van der Waals surface area contributed by atoms with Crippen LogP contribution in [0.5, 0.6) is 5.75 Å². The third-order valence-electron chi connectivity index (χ3n) is 4.77. The number of anilines is 2. The molecule has 2 aromatic rings. The molecule has 1 fully saturated rings. The summed E-state index contributed by atoms with van der Waals surface area (Å²) >= 11 is 0. The summed E-state index contributed by atoms with van der Waals surface area (Å²) in [6, 6.07) is 13.1. The fourth-order valence-corrected chi connectivity index (χ4v) is 3.21. The quantitative estimate of drug-likeness (QED) is 0.674. The molecule has 1 N–H and O–H groups in total. The number of hydrogen-bond donors (Lipinski definition) is 1. The summed E-state index contributed by atoms with van der Waals surface area (Å²) in [5.41, 5.74) is 1.36. The zero-order valence-electron chi connectivity index (χ0n) is 17.1. The largest absolute Gasteiger partial charge is 0.495 e. The Hall–Kier alpha value is -3.88. The Morgan fingerprint density at radius 1 is 1.06 bits per heavy atom. The summed E-state index contributed by atoms with van der Waals surface area (Å²) < 4.78 is 15.0. The standard InChI is InChI=1S/C22H22N2O7/c1-29-18-6-4-3-5-17(18)24-12-15(11-20(24)26)22(28)31-13-19(25)23-16-9-7-14(8-10-16)21(27)30-2/h3-10,15H,11-13H2,1-2H3,(H,23,25)/t15-/m1/s1. The Morgan fingerprint density at radius 3 is 2.45 bits per heavy atom. The number of esters is 2. The summed E-state index contributed by atoms with van der Waals surface area (Å²) in [6.45, 7) is -0.342. The third-order valence-corrected chi connectivity index (χ3v) is 4.77. The van der Waals surface area contributed by atoms with Crippen LogP contribution in [0.3, 0.4) is 0 Å². The van der Waals surface area contributed by atoms with Crippen LogP contribution in [0.25, 0.3) is 0 Å².